The molecule has 3 aromatic rings. The molecule has 0 unspecified atom stereocenters. The largest absolute Gasteiger partial charge is 0.369 e. The maximum Gasteiger partial charge on any atom is 0.230 e. The van der Waals surface area contributed by atoms with Gasteiger partial charge in [-0.3, -0.25) is 9.69 Å². The van der Waals surface area contributed by atoms with Crippen LogP contribution in [0.5, 0.6) is 0 Å². The minimum atomic E-state index is -0.126. The van der Waals surface area contributed by atoms with Gasteiger partial charge in [-0.1, -0.05) is 60.7 Å². The molecule has 0 atom stereocenters. The molecule has 5 nitrogen and oxygen atoms in total. The van der Waals surface area contributed by atoms with E-state index in [1.54, 1.807) is 0 Å². The Morgan fingerprint density at radius 3 is 2.00 bits per heavy atom. The van der Waals surface area contributed by atoms with Crippen molar-refractivity contribution >= 4 is 34.6 Å². The Bertz CT molecular complexity index is 1020. The Balaban J connectivity index is 1.22. The van der Waals surface area contributed by atoms with E-state index in [1.165, 1.54) is 11.3 Å². The molecule has 0 spiro atoms. The average molecular weight is 445 g/mol. The van der Waals surface area contributed by atoms with Gasteiger partial charge in [-0.05, 0) is 47.6 Å². The summed E-state index contributed by atoms with van der Waals surface area (Å²) in [5.74, 6) is -0.126. The van der Waals surface area contributed by atoms with Crippen LogP contribution >= 0.6 is 12.2 Å². The molecule has 3 aromatic carbocycles. The lowest BCUT2D eigenvalue weighted by Gasteiger charge is -2.36. The summed E-state index contributed by atoms with van der Waals surface area (Å²) in [6.45, 7) is 5.12. The third kappa shape index (κ3) is 6.39. The molecule has 0 aliphatic carbocycles. The van der Waals surface area contributed by atoms with E-state index >= 15 is 0 Å². The van der Waals surface area contributed by atoms with Crippen molar-refractivity contribution in [1.29, 1.82) is 0 Å². The van der Waals surface area contributed by atoms with E-state index in [0.717, 1.165) is 44.0 Å². The fourth-order valence-electron chi connectivity index (χ4n) is 3.88. The number of carbonyl (C=O) groups is 1. The quantitative estimate of drug-likeness (QED) is 0.562. The second-order valence-electron chi connectivity index (χ2n) is 7.96. The van der Waals surface area contributed by atoms with Crippen LogP contribution in [-0.4, -0.2) is 42.1 Å². The van der Waals surface area contributed by atoms with E-state index in [0.29, 0.717) is 11.5 Å². The summed E-state index contributed by atoms with van der Waals surface area (Å²) in [6, 6.07) is 28.5. The highest BCUT2D eigenvalue weighted by Gasteiger charge is 2.17. The molecule has 1 aliphatic heterocycles. The van der Waals surface area contributed by atoms with Crippen molar-refractivity contribution in [2.24, 2.45) is 0 Å². The van der Waals surface area contributed by atoms with Crippen molar-refractivity contribution < 1.29 is 4.79 Å². The molecule has 32 heavy (non-hydrogen) atoms. The van der Waals surface area contributed by atoms with Gasteiger partial charge in [-0.15, -0.1) is 0 Å². The minimum Gasteiger partial charge on any atom is -0.369 e. The Labute approximate surface area is 195 Å². The van der Waals surface area contributed by atoms with Gasteiger partial charge in [-0.25, -0.2) is 0 Å². The number of carbonyl (C=O) groups excluding carboxylic acids is 1. The highest BCUT2D eigenvalue weighted by Crippen LogP contribution is 2.20. The molecule has 1 fully saturated rings. The Kier molecular flexibility index (Phi) is 7.48. The molecule has 6 heteroatoms. The van der Waals surface area contributed by atoms with Crippen molar-refractivity contribution in [2.75, 3.05) is 36.4 Å². The number of piperazine rings is 1. The number of benzene rings is 3. The number of anilines is 2. The summed E-state index contributed by atoms with van der Waals surface area (Å²) in [6.07, 6.45) is 0.303. The van der Waals surface area contributed by atoms with E-state index in [-0.39, 0.29) is 5.91 Å². The molecule has 1 amide bonds. The van der Waals surface area contributed by atoms with Gasteiger partial charge < -0.3 is 15.5 Å². The van der Waals surface area contributed by atoms with Crippen LogP contribution in [-0.2, 0) is 17.8 Å². The third-order valence-electron chi connectivity index (χ3n) is 5.57. The van der Waals surface area contributed by atoms with Gasteiger partial charge in [0.25, 0.3) is 0 Å². The number of rotatable bonds is 6. The lowest BCUT2D eigenvalue weighted by atomic mass is 10.1. The molecular weight excluding hydrogens is 416 g/mol. The van der Waals surface area contributed by atoms with Crippen molar-refractivity contribution in [3.63, 3.8) is 0 Å². The predicted molar refractivity (Wildman–Crippen MR) is 135 cm³/mol. The zero-order valence-electron chi connectivity index (χ0n) is 18.0. The number of nitrogens with zero attached hydrogens (tertiary/aromatic N) is 2. The van der Waals surface area contributed by atoms with Crippen LogP contribution in [0.2, 0.25) is 0 Å². The zero-order chi connectivity index (χ0) is 22.2. The normalized spacial score (nSPS) is 14.1. The molecule has 0 radical (unpaired) electrons. The first-order chi connectivity index (χ1) is 15.7. The summed E-state index contributed by atoms with van der Waals surface area (Å²) >= 11 is 5.29. The Morgan fingerprint density at radius 1 is 0.781 bits per heavy atom. The molecule has 1 heterocycles. The fraction of sp³-hybridized carbons (Fsp3) is 0.231. The van der Waals surface area contributed by atoms with Gasteiger partial charge in [0.2, 0.25) is 5.91 Å². The fourth-order valence-corrected chi connectivity index (χ4v) is 4.11. The average Bonchev–Trinajstić information content (AvgIpc) is 2.81. The molecule has 1 aliphatic rings. The summed E-state index contributed by atoms with van der Waals surface area (Å²) in [5.41, 5.74) is 4.39. The van der Waals surface area contributed by atoms with E-state index < -0.39 is 0 Å². The van der Waals surface area contributed by atoms with Crippen LogP contribution in [0.15, 0.2) is 84.9 Å². The summed E-state index contributed by atoms with van der Waals surface area (Å²) in [4.78, 5) is 17.1. The number of nitrogens with one attached hydrogen (secondary N) is 2. The van der Waals surface area contributed by atoms with Gasteiger partial charge >= 0.3 is 0 Å². The topological polar surface area (TPSA) is 47.6 Å². The smallest absolute Gasteiger partial charge is 0.230 e. The molecule has 2 N–H and O–H groups in total. The highest BCUT2D eigenvalue weighted by atomic mass is 32.1. The predicted octanol–water partition coefficient (Wildman–Crippen LogP) is 4.06. The van der Waals surface area contributed by atoms with Crippen LogP contribution in [0, 0.1) is 0 Å². The Hall–Kier alpha value is -3.22. The van der Waals surface area contributed by atoms with E-state index in [2.05, 4.69) is 62.9 Å². The van der Waals surface area contributed by atoms with E-state index in [4.69, 9.17) is 12.2 Å². The van der Waals surface area contributed by atoms with Crippen LogP contribution in [0.4, 0.5) is 11.4 Å². The number of hydrogen-bond acceptors (Lipinski definition) is 4. The van der Waals surface area contributed by atoms with Crippen molar-refractivity contribution in [3.05, 3.63) is 96.1 Å². The first kappa shape index (κ1) is 22.0. The van der Waals surface area contributed by atoms with Gasteiger partial charge in [0.1, 0.15) is 0 Å². The van der Waals surface area contributed by atoms with Gasteiger partial charge in [0.15, 0.2) is 5.11 Å². The van der Waals surface area contributed by atoms with Crippen LogP contribution in [0.25, 0.3) is 0 Å². The molecule has 0 aromatic heterocycles. The maximum atomic E-state index is 12.2. The standard InChI is InChI=1S/C26H28N4OS/c31-25(19-21-7-3-1-4-8-21)28-26(32)27-23-11-13-24(14-12-23)30-17-15-29(16-18-30)20-22-9-5-2-6-10-22/h1-14H,15-20H2,(H2,27,28,31,32). The number of thiocarbonyl (C=S) groups is 1. The van der Waals surface area contributed by atoms with Crippen LogP contribution in [0.1, 0.15) is 11.1 Å². The molecule has 164 valence electrons. The third-order valence-corrected chi connectivity index (χ3v) is 5.78. The number of hydrogen-bond donors (Lipinski definition) is 2. The molecule has 0 saturated carbocycles. The monoisotopic (exact) mass is 444 g/mol. The molecule has 0 bridgehead atoms. The van der Waals surface area contributed by atoms with E-state index in [9.17, 15) is 4.79 Å². The van der Waals surface area contributed by atoms with Gasteiger partial charge in [0.05, 0.1) is 6.42 Å². The summed E-state index contributed by atoms with van der Waals surface area (Å²) in [7, 11) is 0. The minimum absolute atomic E-state index is 0.126. The lowest BCUT2D eigenvalue weighted by Crippen LogP contribution is -2.45. The zero-order valence-corrected chi connectivity index (χ0v) is 18.9. The summed E-state index contributed by atoms with van der Waals surface area (Å²) in [5, 5.41) is 6.15. The second-order valence-corrected chi connectivity index (χ2v) is 8.37. The summed E-state index contributed by atoms with van der Waals surface area (Å²) < 4.78 is 0. The molecule has 4 rings (SSSR count). The molecular formula is C26H28N4OS. The van der Waals surface area contributed by atoms with Gasteiger partial charge in [0, 0.05) is 44.1 Å². The van der Waals surface area contributed by atoms with Crippen molar-refractivity contribution in [2.45, 2.75) is 13.0 Å². The van der Waals surface area contributed by atoms with Crippen LogP contribution in [0.3, 0.4) is 0 Å². The molecule has 1 saturated heterocycles. The maximum absolute atomic E-state index is 12.2. The SMILES string of the molecule is O=C(Cc1ccccc1)NC(=S)Nc1ccc(N2CCN(Cc3ccccc3)CC2)cc1. The Morgan fingerprint density at radius 2 is 1.38 bits per heavy atom. The second kappa shape index (κ2) is 10.9. The lowest BCUT2D eigenvalue weighted by molar-refractivity contribution is -0.119. The first-order valence-corrected chi connectivity index (χ1v) is 11.3. The van der Waals surface area contributed by atoms with Crippen molar-refractivity contribution in [3.8, 4) is 0 Å². The first-order valence-electron chi connectivity index (χ1n) is 10.9. The highest BCUT2D eigenvalue weighted by molar-refractivity contribution is 7.80. The van der Waals surface area contributed by atoms with E-state index in [1.807, 2.05) is 42.5 Å². The van der Waals surface area contributed by atoms with Crippen molar-refractivity contribution in [1.82, 2.24) is 10.2 Å². The number of amides is 1. The van der Waals surface area contributed by atoms with Crippen LogP contribution < -0.4 is 15.5 Å². The van der Waals surface area contributed by atoms with Gasteiger partial charge in [-0.2, -0.15) is 0 Å².